The molecular weight excluding hydrogens is 306 g/mol. The Bertz CT molecular complexity index is 365. The molecule has 1 atom stereocenters. The maximum absolute atomic E-state index is 12.0. The zero-order valence-corrected chi connectivity index (χ0v) is 13.9. The number of carbonyl (C=O) groups excluding carboxylic acids is 1. The monoisotopic (exact) mass is 331 g/mol. The normalized spacial score (nSPS) is 12.8. The van der Waals surface area contributed by atoms with Gasteiger partial charge in [-0.25, -0.2) is 0 Å². The summed E-state index contributed by atoms with van der Waals surface area (Å²) in [6.07, 6.45) is 2.62. The first kappa shape index (κ1) is 21.9. The van der Waals surface area contributed by atoms with Crippen LogP contribution in [-0.2, 0) is 19.7 Å². The summed E-state index contributed by atoms with van der Waals surface area (Å²) in [6, 6.07) is -0.273. The van der Waals surface area contributed by atoms with Gasteiger partial charge >= 0.3 is 5.97 Å². The standard InChI is InChI=1S/C11H25N3O4S.ClH/c1-4-5-6-10(9-12)13-19(16,17)14(2)8-7-11(15)18-3;/h10,13H,4-9,12H2,1-3H3;1H. The summed E-state index contributed by atoms with van der Waals surface area (Å²) in [6.45, 7) is 2.36. The van der Waals surface area contributed by atoms with Gasteiger partial charge in [0.25, 0.3) is 10.2 Å². The Labute approximate surface area is 127 Å². The molecule has 0 aromatic heterocycles. The predicted molar refractivity (Wildman–Crippen MR) is 80.9 cm³/mol. The second kappa shape index (κ2) is 11.3. The van der Waals surface area contributed by atoms with Gasteiger partial charge in [-0.2, -0.15) is 17.4 Å². The molecule has 0 heterocycles. The van der Waals surface area contributed by atoms with Gasteiger partial charge in [-0.05, 0) is 6.42 Å². The second-order valence-electron chi connectivity index (χ2n) is 4.35. The smallest absolute Gasteiger partial charge is 0.306 e. The number of unbranched alkanes of at least 4 members (excludes halogenated alkanes) is 1. The van der Waals surface area contributed by atoms with Gasteiger partial charge in [-0.1, -0.05) is 19.8 Å². The van der Waals surface area contributed by atoms with Crippen LogP contribution in [0.5, 0.6) is 0 Å². The summed E-state index contributed by atoms with van der Waals surface area (Å²) in [5.41, 5.74) is 5.55. The van der Waals surface area contributed by atoms with Crippen LogP contribution >= 0.6 is 12.4 Å². The number of esters is 1. The molecule has 20 heavy (non-hydrogen) atoms. The summed E-state index contributed by atoms with van der Waals surface area (Å²) in [5, 5.41) is 0. The Morgan fingerprint density at radius 3 is 2.50 bits per heavy atom. The average Bonchev–Trinajstić information content (AvgIpc) is 2.39. The Kier molecular flexibility index (Phi) is 12.3. The zero-order valence-electron chi connectivity index (χ0n) is 12.3. The molecule has 122 valence electrons. The maximum atomic E-state index is 12.0. The van der Waals surface area contributed by atoms with E-state index in [9.17, 15) is 13.2 Å². The van der Waals surface area contributed by atoms with Crippen molar-refractivity contribution in [3.8, 4) is 0 Å². The van der Waals surface area contributed by atoms with E-state index in [-0.39, 0.29) is 38.0 Å². The molecule has 3 N–H and O–H groups in total. The quantitative estimate of drug-likeness (QED) is 0.559. The molecule has 0 aromatic carbocycles. The maximum Gasteiger partial charge on any atom is 0.306 e. The Hall–Kier alpha value is -0.410. The molecule has 0 bridgehead atoms. The molecule has 1 unspecified atom stereocenters. The minimum absolute atomic E-state index is 0. The van der Waals surface area contributed by atoms with E-state index in [1.807, 2.05) is 6.92 Å². The Morgan fingerprint density at radius 1 is 1.45 bits per heavy atom. The molecule has 0 radical (unpaired) electrons. The fourth-order valence-electron chi connectivity index (χ4n) is 1.45. The molecule has 0 saturated heterocycles. The molecule has 0 aliphatic rings. The van der Waals surface area contributed by atoms with Gasteiger partial charge in [0.05, 0.1) is 13.5 Å². The molecule has 0 aliphatic heterocycles. The third-order valence-corrected chi connectivity index (χ3v) is 4.41. The van der Waals surface area contributed by atoms with E-state index in [4.69, 9.17) is 5.73 Å². The van der Waals surface area contributed by atoms with Gasteiger partial charge < -0.3 is 10.5 Å². The van der Waals surface area contributed by atoms with Crippen LogP contribution in [0, 0.1) is 0 Å². The number of rotatable bonds is 10. The van der Waals surface area contributed by atoms with Crippen LogP contribution in [0.1, 0.15) is 32.6 Å². The minimum Gasteiger partial charge on any atom is -0.469 e. The fraction of sp³-hybridized carbons (Fsp3) is 0.909. The van der Waals surface area contributed by atoms with E-state index in [0.717, 1.165) is 17.1 Å². The molecule has 0 aliphatic carbocycles. The fourth-order valence-corrected chi connectivity index (χ4v) is 2.59. The number of nitrogens with zero attached hydrogens (tertiary/aromatic N) is 1. The lowest BCUT2D eigenvalue weighted by atomic mass is 10.1. The van der Waals surface area contributed by atoms with Crippen LogP contribution in [0.4, 0.5) is 0 Å². The van der Waals surface area contributed by atoms with Crippen molar-refractivity contribution in [1.82, 2.24) is 9.03 Å². The molecule has 0 spiro atoms. The highest BCUT2D eigenvalue weighted by atomic mass is 35.5. The lowest BCUT2D eigenvalue weighted by molar-refractivity contribution is -0.140. The molecule has 0 aromatic rings. The van der Waals surface area contributed by atoms with Crippen LogP contribution in [0.2, 0.25) is 0 Å². The molecule has 0 amide bonds. The number of methoxy groups -OCH3 is 1. The average molecular weight is 332 g/mol. The van der Waals surface area contributed by atoms with Crippen LogP contribution in [-0.4, -0.2) is 52.0 Å². The number of halogens is 1. The largest absolute Gasteiger partial charge is 0.469 e. The van der Waals surface area contributed by atoms with Crippen molar-refractivity contribution < 1.29 is 17.9 Å². The number of hydrogen-bond donors (Lipinski definition) is 2. The first-order valence-electron chi connectivity index (χ1n) is 6.37. The number of ether oxygens (including phenoxy) is 1. The predicted octanol–water partition coefficient (Wildman–Crippen LogP) is 0.255. The van der Waals surface area contributed by atoms with Gasteiger partial charge in [0.1, 0.15) is 0 Å². The Morgan fingerprint density at radius 2 is 2.05 bits per heavy atom. The minimum atomic E-state index is -3.61. The van der Waals surface area contributed by atoms with Crippen molar-refractivity contribution in [2.75, 3.05) is 27.2 Å². The SMILES string of the molecule is CCCCC(CN)NS(=O)(=O)N(C)CCC(=O)OC.Cl. The van der Waals surface area contributed by atoms with Crippen molar-refractivity contribution in [2.24, 2.45) is 5.73 Å². The molecule has 9 heteroatoms. The van der Waals surface area contributed by atoms with Crippen molar-refractivity contribution in [2.45, 2.75) is 38.6 Å². The molecular formula is C11H26ClN3O4S. The second-order valence-corrected chi connectivity index (χ2v) is 6.15. The van der Waals surface area contributed by atoms with E-state index in [0.29, 0.717) is 6.42 Å². The molecule has 7 nitrogen and oxygen atoms in total. The van der Waals surface area contributed by atoms with E-state index < -0.39 is 16.2 Å². The van der Waals surface area contributed by atoms with Crippen LogP contribution in [0.3, 0.4) is 0 Å². The van der Waals surface area contributed by atoms with E-state index in [2.05, 4.69) is 9.46 Å². The van der Waals surface area contributed by atoms with Gasteiger partial charge in [0, 0.05) is 26.2 Å². The van der Waals surface area contributed by atoms with Gasteiger partial charge in [0.2, 0.25) is 0 Å². The van der Waals surface area contributed by atoms with Crippen LogP contribution in [0.25, 0.3) is 0 Å². The highest BCUT2D eigenvalue weighted by Crippen LogP contribution is 2.04. The molecule has 0 rings (SSSR count). The van der Waals surface area contributed by atoms with Crippen molar-refractivity contribution >= 4 is 28.6 Å². The number of carbonyl (C=O) groups is 1. The van der Waals surface area contributed by atoms with Crippen molar-refractivity contribution in [3.05, 3.63) is 0 Å². The highest BCUT2D eigenvalue weighted by Gasteiger charge is 2.22. The summed E-state index contributed by atoms with van der Waals surface area (Å²) >= 11 is 0. The first-order chi connectivity index (χ1) is 8.87. The van der Waals surface area contributed by atoms with E-state index in [1.54, 1.807) is 0 Å². The summed E-state index contributed by atoms with van der Waals surface area (Å²) < 4.78 is 32.0. The van der Waals surface area contributed by atoms with Gasteiger partial charge in [-0.3, -0.25) is 4.79 Å². The van der Waals surface area contributed by atoms with Crippen molar-refractivity contribution in [1.29, 1.82) is 0 Å². The van der Waals surface area contributed by atoms with Gasteiger partial charge in [-0.15, -0.1) is 12.4 Å². The number of hydrogen-bond acceptors (Lipinski definition) is 5. The highest BCUT2D eigenvalue weighted by molar-refractivity contribution is 7.87. The van der Waals surface area contributed by atoms with Gasteiger partial charge in [0.15, 0.2) is 0 Å². The van der Waals surface area contributed by atoms with E-state index >= 15 is 0 Å². The van der Waals surface area contributed by atoms with Crippen LogP contribution < -0.4 is 10.5 Å². The summed E-state index contributed by atoms with van der Waals surface area (Å²) in [5.74, 6) is -0.441. The number of nitrogens with two attached hydrogens (primary N) is 1. The Balaban J connectivity index is 0. The van der Waals surface area contributed by atoms with E-state index in [1.165, 1.54) is 14.2 Å². The first-order valence-corrected chi connectivity index (χ1v) is 7.81. The summed E-state index contributed by atoms with van der Waals surface area (Å²) in [4.78, 5) is 11.0. The third kappa shape index (κ3) is 8.70. The lowest BCUT2D eigenvalue weighted by Crippen LogP contribution is -2.47. The number of nitrogens with one attached hydrogen (secondary N) is 1. The third-order valence-electron chi connectivity index (χ3n) is 2.78. The zero-order chi connectivity index (χ0) is 14.9. The van der Waals surface area contributed by atoms with Crippen LogP contribution in [0.15, 0.2) is 0 Å². The van der Waals surface area contributed by atoms with Crippen molar-refractivity contribution in [3.63, 3.8) is 0 Å². The molecule has 0 saturated carbocycles. The summed E-state index contributed by atoms with van der Waals surface area (Å²) in [7, 11) is -0.927. The lowest BCUT2D eigenvalue weighted by Gasteiger charge is -2.22. The molecule has 0 fully saturated rings. The topological polar surface area (TPSA) is 102 Å².